The molecule has 0 spiro atoms. The average molecular weight is 431 g/mol. The zero-order chi connectivity index (χ0) is 22.5. The van der Waals surface area contributed by atoms with Gasteiger partial charge in [0.25, 0.3) is 0 Å². The summed E-state index contributed by atoms with van der Waals surface area (Å²) in [7, 11) is 4.49. The number of carbonyl (C=O) groups excluding carboxylic acids is 2. The second-order valence-corrected chi connectivity index (χ2v) is 7.59. The molecule has 0 unspecified atom stereocenters. The van der Waals surface area contributed by atoms with Crippen molar-refractivity contribution in [2.45, 2.75) is 38.8 Å². The van der Waals surface area contributed by atoms with Crippen molar-refractivity contribution in [3.63, 3.8) is 0 Å². The van der Waals surface area contributed by atoms with Crippen LogP contribution in [0.3, 0.4) is 0 Å². The number of rotatable bonds is 7. The fourth-order valence-electron chi connectivity index (χ4n) is 3.83. The van der Waals surface area contributed by atoms with Gasteiger partial charge in [0.15, 0.2) is 0 Å². The monoisotopic (exact) mass is 430 g/mol. The highest BCUT2D eigenvalue weighted by molar-refractivity contribution is 5.84. The van der Waals surface area contributed by atoms with Crippen LogP contribution in [-0.4, -0.2) is 60.8 Å². The van der Waals surface area contributed by atoms with E-state index >= 15 is 0 Å². The van der Waals surface area contributed by atoms with Crippen molar-refractivity contribution in [2.24, 2.45) is 5.92 Å². The van der Waals surface area contributed by atoms with Crippen LogP contribution in [0, 0.1) is 5.92 Å². The fourth-order valence-corrected chi connectivity index (χ4v) is 3.83. The quantitative estimate of drug-likeness (QED) is 0.654. The number of ether oxygens (including phenoxy) is 3. The molecule has 0 radical (unpaired) electrons. The van der Waals surface area contributed by atoms with Gasteiger partial charge in [0.1, 0.15) is 23.6 Å². The highest BCUT2D eigenvalue weighted by Crippen LogP contribution is 2.37. The number of nitrogens with one attached hydrogen (secondary N) is 2. The van der Waals surface area contributed by atoms with Crippen LogP contribution in [0.5, 0.6) is 11.5 Å². The molecule has 168 valence electrons. The van der Waals surface area contributed by atoms with Crippen molar-refractivity contribution in [1.82, 2.24) is 20.2 Å². The Balaban J connectivity index is 1.99. The van der Waals surface area contributed by atoms with Crippen LogP contribution < -0.4 is 14.8 Å². The Morgan fingerprint density at radius 2 is 1.90 bits per heavy atom. The van der Waals surface area contributed by atoms with Gasteiger partial charge < -0.3 is 29.4 Å². The van der Waals surface area contributed by atoms with Crippen molar-refractivity contribution in [3.8, 4) is 11.5 Å². The molecule has 3 rings (SSSR count). The van der Waals surface area contributed by atoms with Crippen molar-refractivity contribution in [1.29, 1.82) is 0 Å². The van der Waals surface area contributed by atoms with E-state index in [1.165, 1.54) is 7.11 Å². The Morgan fingerprint density at radius 1 is 1.23 bits per heavy atom. The van der Waals surface area contributed by atoms with Gasteiger partial charge in [-0.2, -0.15) is 0 Å². The lowest BCUT2D eigenvalue weighted by molar-refractivity contribution is -0.144. The normalized spacial score (nSPS) is 17.3. The van der Waals surface area contributed by atoms with Crippen molar-refractivity contribution in [3.05, 3.63) is 41.5 Å². The van der Waals surface area contributed by atoms with Crippen LogP contribution >= 0.6 is 0 Å². The van der Waals surface area contributed by atoms with Crippen LogP contribution in [0.15, 0.2) is 24.5 Å². The average Bonchev–Trinajstić information content (AvgIpc) is 3.29. The van der Waals surface area contributed by atoms with Gasteiger partial charge in [-0.05, 0) is 23.6 Å². The SMILES string of the molecule is CC[C@H](C)[C@H](NC(=O)N1CCc2[nH]cnc2[C@H]1c1cc(OC)cc(OC)c1)C(=O)OC. The molecule has 2 amide bonds. The first-order valence-electron chi connectivity index (χ1n) is 10.3. The van der Waals surface area contributed by atoms with Gasteiger partial charge >= 0.3 is 12.0 Å². The van der Waals surface area contributed by atoms with Crippen LogP contribution in [0.4, 0.5) is 4.79 Å². The zero-order valence-corrected chi connectivity index (χ0v) is 18.6. The van der Waals surface area contributed by atoms with Crippen LogP contribution in [-0.2, 0) is 16.0 Å². The molecule has 2 aromatic rings. The minimum atomic E-state index is -0.733. The van der Waals surface area contributed by atoms with Gasteiger partial charge in [0, 0.05) is 24.7 Å². The Bertz CT molecular complexity index is 906. The predicted octanol–water partition coefficient (Wildman–Crippen LogP) is 2.67. The highest BCUT2D eigenvalue weighted by atomic mass is 16.5. The predicted molar refractivity (Wildman–Crippen MR) is 114 cm³/mol. The third kappa shape index (κ3) is 4.60. The van der Waals surface area contributed by atoms with Crippen LogP contribution in [0.25, 0.3) is 0 Å². The van der Waals surface area contributed by atoms with E-state index in [-0.39, 0.29) is 11.9 Å². The van der Waals surface area contributed by atoms with E-state index in [1.807, 2.05) is 26.0 Å². The summed E-state index contributed by atoms with van der Waals surface area (Å²) in [5, 5.41) is 2.88. The van der Waals surface area contributed by atoms with Crippen LogP contribution in [0.1, 0.15) is 43.3 Å². The topological polar surface area (TPSA) is 106 Å². The molecule has 31 heavy (non-hydrogen) atoms. The second-order valence-electron chi connectivity index (χ2n) is 7.59. The molecule has 2 heterocycles. The number of benzene rings is 1. The number of aromatic nitrogens is 2. The molecule has 0 aliphatic carbocycles. The Hall–Kier alpha value is -3.23. The van der Waals surface area contributed by atoms with E-state index in [1.54, 1.807) is 31.5 Å². The number of methoxy groups -OCH3 is 3. The minimum absolute atomic E-state index is 0.0718. The van der Waals surface area contributed by atoms with Crippen molar-refractivity contribution >= 4 is 12.0 Å². The fraction of sp³-hybridized carbons (Fsp3) is 0.500. The van der Waals surface area contributed by atoms with E-state index in [0.29, 0.717) is 24.5 Å². The lowest BCUT2D eigenvalue weighted by Gasteiger charge is -2.36. The van der Waals surface area contributed by atoms with Gasteiger partial charge in [0.05, 0.1) is 33.4 Å². The Morgan fingerprint density at radius 3 is 2.48 bits per heavy atom. The molecule has 0 fully saturated rings. The molecular formula is C22H30N4O5. The Kier molecular flexibility index (Phi) is 7.04. The molecule has 0 bridgehead atoms. The molecule has 0 saturated heterocycles. The maximum Gasteiger partial charge on any atom is 0.328 e. The van der Waals surface area contributed by atoms with Gasteiger partial charge in [-0.15, -0.1) is 0 Å². The highest BCUT2D eigenvalue weighted by Gasteiger charge is 2.37. The first-order valence-corrected chi connectivity index (χ1v) is 10.3. The molecule has 9 nitrogen and oxygen atoms in total. The van der Waals surface area contributed by atoms with E-state index in [2.05, 4.69) is 15.3 Å². The number of amides is 2. The lowest BCUT2D eigenvalue weighted by Crippen LogP contribution is -2.53. The third-order valence-corrected chi connectivity index (χ3v) is 5.82. The summed E-state index contributed by atoms with van der Waals surface area (Å²) >= 11 is 0. The number of urea groups is 1. The maximum absolute atomic E-state index is 13.4. The summed E-state index contributed by atoms with van der Waals surface area (Å²) in [6.45, 7) is 4.34. The van der Waals surface area contributed by atoms with Crippen LogP contribution in [0.2, 0.25) is 0 Å². The van der Waals surface area contributed by atoms with Crippen molar-refractivity contribution in [2.75, 3.05) is 27.9 Å². The zero-order valence-electron chi connectivity index (χ0n) is 18.6. The minimum Gasteiger partial charge on any atom is -0.497 e. The molecule has 0 saturated carbocycles. The number of carbonyl (C=O) groups is 2. The smallest absolute Gasteiger partial charge is 0.328 e. The largest absolute Gasteiger partial charge is 0.497 e. The standard InChI is InChI=1S/C22H30N4O5/c1-6-13(2)18(21(27)31-5)25-22(28)26-8-7-17-19(24-12-23-17)20(26)14-9-15(29-3)11-16(10-14)30-4/h9-13,18,20H,6-8H2,1-5H3,(H,23,24)(H,25,28)/t13-,18-,20+/m0/s1. The molecule has 9 heteroatoms. The van der Waals surface area contributed by atoms with Gasteiger partial charge in [-0.25, -0.2) is 14.6 Å². The molecular weight excluding hydrogens is 400 g/mol. The summed E-state index contributed by atoms with van der Waals surface area (Å²) < 4.78 is 15.8. The summed E-state index contributed by atoms with van der Waals surface area (Å²) in [5.74, 6) is 0.700. The second kappa shape index (κ2) is 9.72. The molecule has 2 N–H and O–H groups in total. The lowest BCUT2D eigenvalue weighted by atomic mass is 9.95. The molecule has 1 aliphatic rings. The van der Waals surface area contributed by atoms with Gasteiger partial charge in [0.2, 0.25) is 0 Å². The molecule has 1 aliphatic heterocycles. The third-order valence-electron chi connectivity index (χ3n) is 5.82. The van der Waals surface area contributed by atoms with Gasteiger partial charge in [-0.3, -0.25) is 0 Å². The number of fused-ring (bicyclic) bond motifs is 1. The summed E-state index contributed by atoms with van der Waals surface area (Å²) in [5.41, 5.74) is 2.54. The number of nitrogens with zero attached hydrogens (tertiary/aromatic N) is 2. The summed E-state index contributed by atoms with van der Waals surface area (Å²) in [6, 6.07) is 3.96. The Labute approximate surface area is 182 Å². The number of hydrogen-bond acceptors (Lipinski definition) is 6. The summed E-state index contributed by atoms with van der Waals surface area (Å²) in [6.07, 6.45) is 2.99. The number of imidazole rings is 1. The van der Waals surface area contributed by atoms with E-state index in [0.717, 1.165) is 23.4 Å². The number of aromatic amines is 1. The molecule has 1 aromatic carbocycles. The number of esters is 1. The first kappa shape index (κ1) is 22.5. The molecule has 3 atom stereocenters. The van der Waals surface area contributed by atoms with Crippen molar-refractivity contribution < 1.29 is 23.8 Å². The van der Waals surface area contributed by atoms with E-state index in [9.17, 15) is 9.59 Å². The van der Waals surface area contributed by atoms with E-state index < -0.39 is 18.1 Å². The van der Waals surface area contributed by atoms with E-state index in [4.69, 9.17) is 14.2 Å². The molecule has 1 aromatic heterocycles. The first-order chi connectivity index (χ1) is 14.9. The maximum atomic E-state index is 13.4. The van der Waals surface area contributed by atoms with Gasteiger partial charge in [-0.1, -0.05) is 20.3 Å². The number of hydrogen-bond donors (Lipinski definition) is 2. The number of H-pyrrole nitrogens is 1. The summed E-state index contributed by atoms with van der Waals surface area (Å²) in [4.78, 5) is 35.0.